The number of urea groups is 1. The Labute approximate surface area is 161 Å². The summed E-state index contributed by atoms with van der Waals surface area (Å²) in [4.78, 5) is 35.4. The fourth-order valence-corrected chi connectivity index (χ4v) is 2.68. The Hall–Kier alpha value is -2.13. The number of carbonyl (C=O) groups is 3. The molecule has 144 valence electrons. The molecule has 0 radical (unpaired) electrons. The average Bonchev–Trinajstić information content (AvgIpc) is 2.58. The molecule has 0 unspecified atom stereocenters. The van der Waals surface area contributed by atoms with Crippen molar-refractivity contribution < 1.29 is 23.9 Å². The van der Waals surface area contributed by atoms with Crippen LogP contribution in [0.25, 0.3) is 0 Å². The maximum atomic E-state index is 12.2. The van der Waals surface area contributed by atoms with Gasteiger partial charge in [-0.3, -0.25) is 4.79 Å². The van der Waals surface area contributed by atoms with Crippen LogP contribution in [0.2, 0.25) is 5.02 Å². The van der Waals surface area contributed by atoms with Crippen molar-refractivity contribution in [3.63, 3.8) is 0 Å². The van der Waals surface area contributed by atoms with Gasteiger partial charge in [-0.1, -0.05) is 11.6 Å². The second-order valence-corrected chi connectivity index (χ2v) is 6.65. The highest BCUT2D eigenvalue weighted by Gasteiger charge is 2.25. The van der Waals surface area contributed by atoms with Crippen molar-refractivity contribution in [2.24, 2.45) is 5.73 Å². The van der Waals surface area contributed by atoms with Gasteiger partial charge in [0.25, 0.3) is 5.91 Å². The molecule has 0 aliphatic rings. The lowest BCUT2D eigenvalue weighted by molar-refractivity contribution is -0.155. The number of hydrogen-bond donors (Lipinski definition) is 3. The van der Waals surface area contributed by atoms with Gasteiger partial charge in [0.1, 0.15) is 11.8 Å². The van der Waals surface area contributed by atoms with Gasteiger partial charge in [-0.2, -0.15) is 11.8 Å². The van der Waals surface area contributed by atoms with Gasteiger partial charge < -0.3 is 25.8 Å². The van der Waals surface area contributed by atoms with Crippen LogP contribution in [-0.4, -0.2) is 49.2 Å². The molecule has 1 aromatic rings. The van der Waals surface area contributed by atoms with E-state index in [0.29, 0.717) is 28.6 Å². The molecule has 0 fully saturated rings. The number of anilines is 1. The number of nitrogens with one attached hydrogen (secondary N) is 2. The second kappa shape index (κ2) is 10.8. The summed E-state index contributed by atoms with van der Waals surface area (Å²) in [6.45, 7) is 1.42. The highest BCUT2D eigenvalue weighted by molar-refractivity contribution is 7.98. The first kappa shape index (κ1) is 21.9. The van der Waals surface area contributed by atoms with Crippen molar-refractivity contribution in [3.05, 3.63) is 23.2 Å². The van der Waals surface area contributed by atoms with Crippen LogP contribution in [0.15, 0.2) is 18.2 Å². The van der Waals surface area contributed by atoms with Crippen LogP contribution in [-0.2, 0) is 14.3 Å². The van der Waals surface area contributed by atoms with Crippen LogP contribution in [0, 0.1) is 0 Å². The zero-order valence-corrected chi connectivity index (χ0v) is 16.3. The fourth-order valence-electron chi connectivity index (χ4n) is 1.95. The summed E-state index contributed by atoms with van der Waals surface area (Å²) in [5, 5.41) is 5.24. The van der Waals surface area contributed by atoms with E-state index in [1.54, 1.807) is 12.1 Å². The maximum Gasteiger partial charge on any atom is 0.329 e. The number of nitrogens with two attached hydrogens (primary N) is 1. The molecule has 1 aromatic carbocycles. The van der Waals surface area contributed by atoms with Gasteiger partial charge in [0.2, 0.25) is 0 Å². The SMILES string of the molecule is COc1ccc(NC(=O)[C@@H](C)OC(=O)[C@@H](CCSC)NC(N)=O)cc1Cl. The molecule has 0 aliphatic carbocycles. The molecular formula is C16H22ClN3O5S. The molecular weight excluding hydrogens is 382 g/mol. The third kappa shape index (κ3) is 7.01. The van der Waals surface area contributed by atoms with Crippen molar-refractivity contribution in [1.29, 1.82) is 0 Å². The second-order valence-electron chi connectivity index (χ2n) is 5.26. The fraction of sp³-hybridized carbons (Fsp3) is 0.438. The molecule has 1 rings (SSSR count). The monoisotopic (exact) mass is 403 g/mol. The summed E-state index contributed by atoms with van der Waals surface area (Å²) in [6.07, 6.45) is 1.13. The van der Waals surface area contributed by atoms with Gasteiger partial charge in [-0.15, -0.1) is 0 Å². The molecule has 26 heavy (non-hydrogen) atoms. The minimum Gasteiger partial charge on any atom is -0.495 e. The molecule has 0 spiro atoms. The molecule has 0 heterocycles. The van der Waals surface area contributed by atoms with Crippen molar-refractivity contribution in [2.75, 3.05) is 24.4 Å². The minimum absolute atomic E-state index is 0.331. The van der Waals surface area contributed by atoms with Gasteiger partial charge in [-0.25, -0.2) is 9.59 Å². The lowest BCUT2D eigenvalue weighted by Gasteiger charge is -2.19. The van der Waals surface area contributed by atoms with Crippen LogP contribution in [0.4, 0.5) is 10.5 Å². The van der Waals surface area contributed by atoms with Crippen LogP contribution in [0.3, 0.4) is 0 Å². The quantitative estimate of drug-likeness (QED) is 0.542. The topological polar surface area (TPSA) is 120 Å². The first-order chi connectivity index (χ1) is 12.3. The van der Waals surface area contributed by atoms with E-state index in [1.807, 2.05) is 6.26 Å². The predicted octanol–water partition coefficient (Wildman–Crippen LogP) is 2.01. The molecule has 3 amide bonds. The molecule has 0 aromatic heterocycles. The molecule has 8 nitrogen and oxygen atoms in total. The first-order valence-corrected chi connectivity index (χ1v) is 9.45. The lowest BCUT2D eigenvalue weighted by atomic mass is 10.2. The zero-order chi connectivity index (χ0) is 19.7. The van der Waals surface area contributed by atoms with Gasteiger partial charge >= 0.3 is 12.0 Å². The number of primary amides is 1. The molecule has 10 heteroatoms. The van der Waals surface area contributed by atoms with Gasteiger partial charge in [0.15, 0.2) is 6.10 Å². The summed E-state index contributed by atoms with van der Waals surface area (Å²) in [5.74, 6) is -0.181. The van der Waals surface area contributed by atoms with Crippen LogP contribution < -0.4 is 21.1 Å². The van der Waals surface area contributed by atoms with Crippen molar-refractivity contribution >= 4 is 47.0 Å². The third-order valence-electron chi connectivity index (χ3n) is 3.29. The number of amides is 3. The van der Waals surface area contributed by atoms with Crippen molar-refractivity contribution in [3.8, 4) is 5.75 Å². The van der Waals surface area contributed by atoms with E-state index >= 15 is 0 Å². The zero-order valence-electron chi connectivity index (χ0n) is 14.7. The number of carbonyl (C=O) groups excluding carboxylic acids is 3. The Kier molecular flexibility index (Phi) is 9.08. The van der Waals surface area contributed by atoms with E-state index < -0.39 is 30.1 Å². The first-order valence-electron chi connectivity index (χ1n) is 7.68. The highest BCUT2D eigenvalue weighted by Crippen LogP contribution is 2.27. The Morgan fingerprint density at radius 2 is 2.04 bits per heavy atom. The minimum atomic E-state index is -1.07. The van der Waals surface area contributed by atoms with E-state index in [0.717, 1.165) is 0 Å². The summed E-state index contributed by atoms with van der Waals surface area (Å²) >= 11 is 7.50. The standard InChI is InChI=1S/C16H22ClN3O5S/c1-9(25-15(22)12(6-7-26-3)20-16(18)23)14(21)19-10-4-5-13(24-2)11(17)8-10/h4-5,8-9,12H,6-7H2,1-3H3,(H,19,21)(H3,18,20,23)/t9-,12-/m1/s1. The lowest BCUT2D eigenvalue weighted by Crippen LogP contribution is -2.46. The number of ether oxygens (including phenoxy) is 2. The smallest absolute Gasteiger partial charge is 0.329 e. The molecule has 0 bridgehead atoms. The van der Waals surface area contributed by atoms with E-state index in [1.165, 1.54) is 31.9 Å². The number of rotatable bonds is 9. The molecule has 4 N–H and O–H groups in total. The Morgan fingerprint density at radius 3 is 2.58 bits per heavy atom. The van der Waals surface area contributed by atoms with Crippen LogP contribution >= 0.6 is 23.4 Å². The molecule has 2 atom stereocenters. The normalized spacial score (nSPS) is 12.6. The number of methoxy groups -OCH3 is 1. The summed E-state index contributed by atoms with van der Waals surface area (Å²) in [7, 11) is 1.48. The van der Waals surface area contributed by atoms with Gasteiger partial charge in [-0.05, 0) is 43.6 Å². The van der Waals surface area contributed by atoms with Crippen LogP contribution in [0.5, 0.6) is 5.75 Å². The van der Waals surface area contributed by atoms with Crippen molar-refractivity contribution in [1.82, 2.24) is 5.32 Å². The van der Waals surface area contributed by atoms with Crippen LogP contribution in [0.1, 0.15) is 13.3 Å². The average molecular weight is 404 g/mol. The molecule has 0 saturated carbocycles. The number of benzene rings is 1. The number of esters is 1. The number of halogens is 1. The Balaban J connectivity index is 2.67. The summed E-state index contributed by atoms with van der Waals surface area (Å²) < 4.78 is 10.2. The largest absolute Gasteiger partial charge is 0.495 e. The Bertz CT molecular complexity index is 659. The Morgan fingerprint density at radius 1 is 1.35 bits per heavy atom. The summed E-state index contributed by atoms with van der Waals surface area (Å²) in [6, 6.07) is 2.98. The van der Waals surface area contributed by atoms with Crippen molar-refractivity contribution in [2.45, 2.75) is 25.5 Å². The van der Waals surface area contributed by atoms with E-state index in [2.05, 4.69) is 10.6 Å². The third-order valence-corrected chi connectivity index (χ3v) is 4.23. The number of thioether (sulfide) groups is 1. The highest BCUT2D eigenvalue weighted by atomic mass is 35.5. The number of hydrogen-bond acceptors (Lipinski definition) is 6. The van der Waals surface area contributed by atoms with E-state index in [4.69, 9.17) is 26.8 Å². The van der Waals surface area contributed by atoms with Gasteiger partial charge in [0.05, 0.1) is 12.1 Å². The van der Waals surface area contributed by atoms with E-state index in [9.17, 15) is 14.4 Å². The summed E-state index contributed by atoms with van der Waals surface area (Å²) in [5.41, 5.74) is 5.50. The predicted molar refractivity (Wildman–Crippen MR) is 102 cm³/mol. The molecule has 0 aliphatic heterocycles. The van der Waals surface area contributed by atoms with Gasteiger partial charge in [0, 0.05) is 5.69 Å². The maximum absolute atomic E-state index is 12.2. The van der Waals surface area contributed by atoms with E-state index in [-0.39, 0.29) is 0 Å². The molecule has 0 saturated heterocycles.